The van der Waals surface area contributed by atoms with Crippen LogP contribution in [-0.4, -0.2) is 44.2 Å². The summed E-state index contributed by atoms with van der Waals surface area (Å²) in [6.07, 6.45) is 2.62. The third-order valence-electron chi connectivity index (χ3n) is 3.55. The van der Waals surface area contributed by atoms with E-state index in [0.717, 1.165) is 10.8 Å². The second kappa shape index (κ2) is 7.05. The maximum absolute atomic E-state index is 12.8. The molecule has 9 heteroatoms. The van der Waals surface area contributed by atoms with Crippen LogP contribution >= 0.6 is 0 Å². The number of fused-ring (bicyclic) bond motifs is 1. The minimum absolute atomic E-state index is 0.00282. The highest BCUT2D eigenvalue weighted by Gasteiger charge is 2.20. The fraction of sp³-hybridized carbons (Fsp3) is 0.188. The molecule has 2 heterocycles. The summed E-state index contributed by atoms with van der Waals surface area (Å²) in [5.74, 6) is 0.148. The van der Waals surface area contributed by atoms with Gasteiger partial charge < -0.3 is 14.5 Å². The highest BCUT2D eigenvalue weighted by Crippen LogP contribution is 2.13. The number of rotatable bonds is 5. The van der Waals surface area contributed by atoms with Gasteiger partial charge in [-0.25, -0.2) is 14.3 Å². The van der Waals surface area contributed by atoms with E-state index in [1.807, 2.05) is 0 Å². The number of ether oxygens (including phenoxy) is 1. The van der Waals surface area contributed by atoms with Gasteiger partial charge in [0.05, 0.1) is 18.5 Å². The van der Waals surface area contributed by atoms with Gasteiger partial charge in [-0.3, -0.25) is 4.79 Å². The lowest BCUT2D eigenvalue weighted by atomic mass is 10.3. The summed E-state index contributed by atoms with van der Waals surface area (Å²) >= 11 is 0. The van der Waals surface area contributed by atoms with Gasteiger partial charge in [-0.1, -0.05) is 23.4 Å². The summed E-state index contributed by atoms with van der Waals surface area (Å²) in [6.45, 7) is 0.695. The Hall–Kier alpha value is -3.33. The third-order valence-corrected chi connectivity index (χ3v) is 3.55. The first-order valence-corrected chi connectivity index (χ1v) is 7.41. The fourth-order valence-electron chi connectivity index (χ4n) is 2.45. The molecule has 0 unspecified atom stereocenters. The number of benzene rings is 1. The Labute approximate surface area is 141 Å². The molecule has 0 spiro atoms. The Morgan fingerprint density at radius 2 is 2.00 bits per heavy atom. The van der Waals surface area contributed by atoms with E-state index >= 15 is 0 Å². The first kappa shape index (κ1) is 16.5. The molecule has 0 amide bonds. The number of methoxy groups -OCH3 is 1. The van der Waals surface area contributed by atoms with Gasteiger partial charge >= 0.3 is 5.69 Å². The zero-order valence-corrected chi connectivity index (χ0v) is 13.4. The molecule has 0 aliphatic carbocycles. The molecular formula is C16H15N5O4. The summed E-state index contributed by atoms with van der Waals surface area (Å²) in [5.41, 5.74) is -0.639. The molecule has 2 aliphatic heterocycles. The highest BCUT2D eigenvalue weighted by molar-refractivity contribution is 5.77. The summed E-state index contributed by atoms with van der Waals surface area (Å²) in [5, 5.41) is 11.7. The van der Waals surface area contributed by atoms with Crippen molar-refractivity contribution in [2.75, 3.05) is 13.7 Å². The molecule has 0 aromatic heterocycles. The van der Waals surface area contributed by atoms with Crippen LogP contribution in [0.4, 0.5) is 0 Å². The maximum atomic E-state index is 12.8. The Morgan fingerprint density at radius 3 is 2.68 bits per heavy atom. The smallest absolute Gasteiger partial charge is 0.357 e. The van der Waals surface area contributed by atoms with Gasteiger partial charge in [0.25, 0.3) is 5.56 Å². The molecule has 0 atom stereocenters. The van der Waals surface area contributed by atoms with E-state index < -0.39 is 11.2 Å². The number of hydrogen-bond donors (Lipinski definition) is 1. The van der Waals surface area contributed by atoms with E-state index in [2.05, 4.69) is 15.1 Å². The molecule has 1 N–H and O–H groups in total. The topological polar surface area (TPSA) is 112 Å². The van der Waals surface area contributed by atoms with Gasteiger partial charge in [0.1, 0.15) is 5.69 Å². The molecule has 3 rings (SSSR count). The highest BCUT2D eigenvalue weighted by atomic mass is 16.5. The predicted molar refractivity (Wildman–Crippen MR) is 89.8 cm³/mol. The number of hydrogen-bond acceptors (Lipinski definition) is 7. The van der Waals surface area contributed by atoms with Crippen molar-refractivity contribution in [1.82, 2.24) is 19.1 Å². The van der Waals surface area contributed by atoms with E-state index in [-0.39, 0.29) is 17.2 Å². The Kier molecular flexibility index (Phi) is 4.66. The largest absolute Gasteiger partial charge is 0.411 e. The fourth-order valence-corrected chi connectivity index (χ4v) is 2.45. The van der Waals surface area contributed by atoms with E-state index in [9.17, 15) is 9.59 Å². The summed E-state index contributed by atoms with van der Waals surface area (Å²) in [6, 6.07) is 8.47. The number of oxime groups is 1. The zero-order valence-electron chi connectivity index (χ0n) is 13.4. The van der Waals surface area contributed by atoms with Crippen molar-refractivity contribution < 1.29 is 9.94 Å². The Morgan fingerprint density at radius 1 is 1.24 bits per heavy atom. The SMILES string of the molecule is COCCn1cc(C=NO)nc2c(=O)n(-c3ccccc3)c(=O)nc1-2. The molecule has 25 heavy (non-hydrogen) atoms. The Balaban J connectivity index is 2.31. The van der Waals surface area contributed by atoms with Crippen LogP contribution in [0.2, 0.25) is 0 Å². The van der Waals surface area contributed by atoms with Crippen molar-refractivity contribution >= 4 is 6.21 Å². The molecular weight excluding hydrogens is 326 g/mol. The van der Waals surface area contributed by atoms with Crippen molar-refractivity contribution in [1.29, 1.82) is 0 Å². The first-order valence-electron chi connectivity index (χ1n) is 7.41. The van der Waals surface area contributed by atoms with Gasteiger partial charge in [-0.2, -0.15) is 4.98 Å². The van der Waals surface area contributed by atoms with E-state index in [0.29, 0.717) is 18.8 Å². The summed E-state index contributed by atoms with van der Waals surface area (Å²) < 4.78 is 7.56. The molecule has 2 aliphatic rings. The van der Waals surface area contributed by atoms with Gasteiger partial charge in [0, 0.05) is 19.9 Å². The molecule has 0 bridgehead atoms. The standard InChI is InChI=1S/C16H15N5O4/c1-25-8-7-20-10-11(9-17-24)18-13-14(20)19-16(23)21(15(13)22)12-5-3-2-4-6-12/h2-6,9-10,24H,7-8H2,1H3. The average Bonchev–Trinajstić information content (AvgIpc) is 2.62. The van der Waals surface area contributed by atoms with Gasteiger partial charge in [0.15, 0.2) is 11.5 Å². The normalized spacial score (nSPS) is 11.4. The van der Waals surface area contributed by atoms with Crippen LogP contribution in [-0.2, 0) is 11.3 Å². The lowest BCUT2D eigenvalue weighted by Crippen LogP contribution is -2.37. The van der Waals surface area contributed by atoms with E-state index in [4.69, 9.17) is 9.94 Å². The van der Waals surface area contributed by atoms with Crippen LogP contribution in [0, 0.1) is 0 Å². The Bertz CT molecular complexity index is 994. The maximum Gasteiger partial charge on any atom is 0.357 e. The quantitative estimate of drug-likeness (QED) is 0.407. The second-order valence-electron chi connectivity index (χ2n) is 5.14. The average molecular weight is 341 g/mol. The number of aromatic nitrogens is 4. The monoisotopic (exact) mass is 341 g/mol. The number of nitrogens with zero attached hydrogens (tertiary/aromatic N) is 5. The van der Waals surface area contributed by atoms with Crippen molar-refractivity contribution in [3.63, 3.8) is 0 Å². The van der Waals surface area contributed by atoms with Gasteiger partial charge in [0.2, 0.25) is 0 Å². The zero-order chi connectivity index (χ0) is 17.8. The predicted octanol–water partition coefficient (Wildman–Crippen LogP) is 0.348. The molecule has 0 radical (unpaired) electrons. The van der Waals surface area contributed by atoms with Crippen LogP contribution in [0.5, 0.6) is 0 Å². The van der Waals surface area contributed by atoms with Crippen LogP contribution in [0.25, 0.3) is 17.2 Å². The van der Waals surface area contributed by atoms with Crippen LogP contribution < -0.4 is 11.2 Å². The van der Waals surface area contributed by atoms with E-state index in [1.54, 1.807) is 34.9 Å². The van der Waals surface area contributed by atoms with E-state index in [1.165, 1.54) is 13.3 Å². The lowest BCUT2D eigenvalue weighted by Gasteiger charge is -2.15. The molecule has 0 fully saturated rings. The minimum atomic E-state index is -0.694. The van der Waals surface area contributed by atoms with Crippen molar-refractivity contribution in [3.8, 4) is 17.2 Å². The molecule has 0 saturated carbocycles. The minimum Gasteiger partial charge on any atom is -0.411 e. The summed E-state index contributed by atoms with van der Waals surface area (Å²) in [4.78, 5) is 33.4. The van der Waals surface area contributed by atoms with Crippen molar-refractivity contribution in [2.24, 2.45) is 5.16 Å². The molecule has 1 aromatic carbocycles. The summed E-state index contributed by atoms with van der Waals surface area (Å²) in [7, 11) is 1.54. The van der Waals surface area contributed by atoms with Crippen molar-refractivity contribution in [3.05, 3.63) is 63.1 Å². The van der Waals surface area contributed by atoms with Crippen LogP contribution in [0.1, 0.15) is 5.69 Å². The molecule has 9 nitrogen and oxygen atoms in total. The number of para-hydroxylation sites is 1. The molecule has 128 valence electrons. The van der Waals surface area contributed by atoms with Gasteiger partial charge in [-0.05, 0) is 12.1 Å². The van der Waals surface area contributed by atoms with Crippen molar-refractivity contribution in [2.45, 2.75) is 6.54 Å². The molecule has 1 aromatic rings. The second-order valence-corrected chi connectivity index (χ2v) is 5.14. The third kappa shape index (κ3) is 3.17. The van der Waals surface area contributed by atoms with Crippen LogP contribution in [0.15, 0.2) is 51.3 Å². The van der Waals surface area contributed by atoms with Gasteiger partial charge in [-0.15, -0.1) is 0 Å². The first-order chi connectivity index (χ1) is 12.2. The van der Waals surface area contributed by atoms with Crippen LogP contribution in [0.3, 0.4) is 0 Å². The molecule has 0 saturated heterocycles. The lowest BCUT2D eigenvalue weighted by molar-refractivity contribution is 0.187.